The fraction of sp³-hybridized carbons (Fsp3) is 0.348. The van der Waals surface area contributed by atoms with E-state index in [1.165, 1.54) is 17.3 Å². The summed E-state index contributed by atoms with van der Waals surface area (Å²) in [4.78, 5) is 14.7. The number of methoxy groups -OCH3 is 4. The minimum atomic E-state index is 0.00299. The van der Waals surface area contributed by atoms with Crippen LogP contribution in [0.15, 0.2) is 40.0 Å². The van der Waals surface area contributed by atoms with Crippen LogP contribution >= 0.6 is 11.8 Å². The number of ether oxygens (including phenoxy) is 4. The molecule has 0 saturated carbocycles. The zero-order valence-electron chi connectivity index (χ0n) is 18.9. The van der Waals surface area contributed by atoms with Crippen LogP contribution in [0.3, 0.4) is 0 Å². The predicted molar refractivity (Wildman–Crippen MR) is 122 cm³/mol. The maximum absolute atomic E-state index is 12.8. The number of carbonyl (C=O) groups is 1. The van der Waals surface area contributed by atoms with Crippen LogP contribution in [-0.2, 0) is 17.8 Å². The Hall–Kier alpha value is -3.40. The van der Waals surface area contributed by atoms with Crippen LogP contribution < -0.4 is 18.9 Å². The maximum atomic E-state index is 12.8. The first kappa shape index (κ1) is 22.8. The highest BCUT2D eigenvalue weighted by atomic mass is 32.2. The Kier molecular flexibility index (Phi) is 6.93. The average molecular weight is 472 g/mol. The molecule has 0 saturated heterocycles. The van der Waals surface area contributed by atoms with Gasteiger partial charge in [-0.05, 0) is 41.8 Å². The number of aromatic nitrogens is 2. The lowest BCUT2D eigenvalue weighted by Crippen LogP contribution is -2.37. The molecule has 1 aliphatic rings. The molecular formula is C23H25N3O6S. The number of thioether (sulfide) groups is 1. The van der Waals surface area contributed by atoms with Crippen molar-refractivity contribution in [3.8, 4) is 34.5 Å². The first-order valence-corrected chi connectivity index (χ1v) is 11.2. The normalized spacial score (nSPS) is 12.8. The number of hydrogen-bond acceptors (Lipinski definition) is 9. The minimum absolute atomic E-state index is 0.00299. The molecule has 1 amide bonds. The third-order valence-corrected chi connectivity index (χ3v) is 6.20. The topological polar surface area (TPSA) is 96.2 Å². The largest absolute Gasteiger partial charge is 0.497 e. The zero-order valence-corrected chi connectivity index (χ0v) is 19.7. The molecule has 10 heteroatoms. The van der Waals surface area contributed by atoms with E-state index < -0.39 is 0 Å². The van der Waals surface area contributed by atoms with Gasteiger partial charge < -0.3 is 28.3 Å². The summed E-state index contributed by atoms with van der Waals surface area (Å²) in [6.07, 6.45) is 0.758. The fourth-order valence-corrected chi connectivity index (χ4v) is 4.29. The van der Waals surface area contributed by atoms with Gasteiger partial charge in [-0.3, -0.25) is 4.79 Å². The first-order valence-electron chi connectivity index (χ1n) is 10.3. The summed E-state index contributed by atoms with van der Waals surface area (Å²) in [5.41, 5.74) is 2.90. The molecule has 4 rings (SSSR count). The zero-order chi connectivity index (χ0) is 23.4. The summed E-state index contributed by atoms with van der Waals surface area (Å²) < 4.78 is 27.1. The van der Waals surface area contributed by atoms with Crippen molar-refractivity contribution in [2.45, 2.75) is 18.2 Å². The molecule has 0 N–H and O–H groups in total. The van der Waals surface area contributed by atoms with Gasteiger partial charge in [0.25, 0.3) is 5.22 Å². The number of hydrogen-bond donors (Lipinski definition) is 0. The third kappa shape index (κ3) is 5.00. The molecule has 0 spiro atoms. The second-order valence-electron chi connectivity index (χ2n) is 7.30. The van der Waals surface area contributed by atoms with Crippen LogP contribution in [0, 0.1) is 0 Å². The molecular weight excluding hydrogens is 446 g/mol. The monoisotopic (exact) mass is 471 g/mol. The standard InChI is InChI=1S/C23H25N3O6S/c1-28-17-7-15(8-18(11-17)29-2)22-24-25-23(32-22)33-13-21(27)26-6-5-14-9-19(30-3)20(31-4)10-16(14)12-26/h7-11H,5-6,12-13H2,1-4H3. The van der Waals surface area contributed by atoms with E-state index >= 15 is 0 Å². The number of amides is 1. The van der Waals surface area contributed by atoms with Gasteiger partial charge in [-0.15, -0.1) is 10.2 Å². The molecule has 0 atom stereocenters. The van der Waals surface area contributed by atoms with Gasteiger partial charge >= 0.3 is 0 Å². The smallest absolute Gasteiger partial charge is 0.277 e. The molecule has 0 unspecified atom stereocenters. The Labute approximate surface area is 196 Å². The van der Waals surface area contributed by atoms with Crippen molar-refractivity contribution >= 4 is 17.7 Å². The number of benzene rings is 2. The van der Waals surface area contributed by atoms with Crippen LogP contribution in [-0.4, -0.2) is 61.7 Å². The van der Waals surface area contributed by atoms with Gasteiger partial charge in [0.2, 0.25) is 11.8 Å². The average Bonchev–Trinajstić information content (AvgIpc) is 3.34. The SMILES string of the molecule is COc1cc(OC)cc(-c2nnc(SCC(=O)N3CCc4cc(OC)c(OC)cc4C3)o2)c1. The summed E-state index contributed by atoms with van der Waals surface area (Å²) in [7, 11) is 6.37. The second-order valence-corrected chi connectivity index (χ2v) is 8.23. The van der Waals surface area contributed by atoms with Gasteiger partial charge in [-0.1, -0.05) is 11.8 Å². The van der Waals surface area contributed by atoms with Crippen LogP contribution in [0.5, 0.6) is 23.0 Å². The van der Waals surface area contributed by atoms with E-state index in [9.17, 15) is 4.79 Å². The van der Waals surface area contributed by atoms with Crippen molar-refractivity contribution in [1.82, 2.24) is 15.1 Å². The Morgan fingerprint density at radius 3 is 2.24 bits per heavy atom. The Morgan fingerprint density at radius 1 is 0.939 bits per heavy atom. The van der Waals surface area contributed by atoms with Crippen LogP contribution in [0.1, 0.15) is 11.1 Å². The van der Waals surface area contributed by atoms with Gasteiger partial charge in [0, 0.05) is 24.7 Å². The first-order chi connectivity index (χ1) is 16.0. The van der Waals surface area contributed by atoms with Gasteiger partial charge in [-0.2, -0.15) is 0 Å². The highest BCUT2D eigenvalue weighted by Gasteiger charge is 2.23. The van der Waals surface area contributed by atoms with Crippen molar-refractivity contribution in [2.24, 2.45) is 0 Å². The number of nitrogens with zero attached hydrogens (tertiary/aromatic N) is 3. The van der Waals surface area contributed by atoms with Crippen molar-refractivity contribution < 1.29 is 28.2 Å². The van der Waals surface area contributed by atoms with Crippen molar-refractivity contribution in [1.29, 1.82) is 0 Å². The van der Waals surface area contributed by atoms with Crippen LogP contribution in [0.25, 0.3) is 11.5 Å². The second kappa shape index (κ2) is 10.0. The van der Waals surface area contributed by atoms with Gasteiger partial charge in [-0.25, -0.2) is 0 Å². The van der Waals surface area contributed by atoms with Crippen molar-refractivity contribution in [3.63, 3.8) is 0 Å². The minimum Gasteiger partial charge on any atom is -0.497 e. The van der Waals surface area contributed by atoms with E-state index in [-0.39, 0.29) is 11.7 Å². The fourth-order valence-electron chi connectivity index (χ4n) is 3.63. The molecule has 33 heavy (non-hydrogen) atoms. The molecule has 2 aromatic carbocycles. The van der Waals surface area contributed by atoms with E-state index in [0.29, 0.717) is 52.8 Å². The molecule has 2 heterocycles. The number of carbonyl (C=O) groups excluding carboxylic acids is 1. The molecule has 1 aliphatic heterocycles. The molecule has 1 aromatic heterocycles. The molecule has 0 fully saturated rings. The molecule has 0 bridgehead atoms. The van der Waals surface area contributed by atoms with Crippen LogP contribution in [0.4, 0.5) is 0 Å². The highest BCUT2D eigenvalue weighted by Crippen LogP contribution is 2.34. The number of fused-ring (bicyclic) bond motifs is 1. The molecule has 9 nitrogen and oxygen atoms in total. The van der Waals surface area contributed by atoms with Crippen LogP contribution in [0.2, 0.25) is 0 Å². The van der Waals surface area contributed by atoms with Gasteiger partial charge in [0.05, 0.1) is 34.2 Å². The third-order valence-electron chi connectivity index (χ3n) is 5.39. The lowest BCUT2D eigenvalue weighted by atomic mass is 9.99. The summed E-state index contributed by atoms with van der Waals surface area (Å²) in [6.45, 7) is 1.16. The Morgan fingerprint density at radius 2 is 1.61 bits per heavy atom. The lowest BCUT2D eigenvalue weighted by molar-refractivity contribution is -0.129. The summed E-state index contributed by atoms with van der Waals surface area (Å²) >= 11 is 1.21. The Balaban J connectivity index is 1.40. The molecule has 3 aromatic rings. The molecule has 174 valence electrons. The summed E-state index contributed by atoms with van der Waals surface area (Å²) in [5, 5.41) is 8.48. The van der Waals surface area contributed by atoms with Crippen molar-refractivity contribution in [2.75, 3.05) is 40.7 Å². The summed E-state index contributed by atoms with van der Waals surface area (Å²) in [5.74, 6) is 3.13. The maximum Gasteiger partial charge on any atom is 0.277 e. The van der Waals surface area contributed by atoms with Gasteiger partial charge in [0.15, 0.2) is 11.5 Å². The molecule has 0 radical (unpaired) electrons. The van der Waals surface area contributed by atoms with E-state index in [1.807, 2.05) is 17.0 Å². The van der Waals surface area contributed by atoms with E-state index in [4.69, 9.17) is 23.4 Å². The quantitative estimate of drug-likeness (QED) is 0.458. The lowest BCUT2D eigenvalue weighted by Gasteiger charge is -2.29. The Bertz CT molecular complexity index is 1130. The predicted octanol–water partition coefficient (Wildman–Crippen LogP) is 3.45. The molecule has 0 aliphatic carbocycles. The highest BCUT2D eigenvalue weighted by molar-refractivity contribution is 7.99. The van der Waals surface area contributed by atoms with Gasteiger partial charge in [0.1, 0.15) is 11.5 Å². The van der Waals surface area contributed by atoms with E-state index in [0.717, 1.165) is 12.0 Å². The number of rotatable bonds is 8. The summed E-state index contributed by atoms with van der Waals surface area (Å²) in [6, 6.07) is 9.25. The van der Waals surface area contributed by atoms with E-state index in [2.05, 4.69) is 10.2 Å². The van der Waals surface area contributed by atoms with Crippen molar-refractivity contribution in [3.05, 3.63) is 41.5 Å². The van der Waals surface area contributed by atoms with E-state index in [1.54, 1.807) is 46.6 Å².